The maximum absolute atomic E-state index is 12.3. The van der Waals surface area contributed by atoms with Crippen molar-refractivity contribution in [3.8, 4) is 5.88 Å². The Labute approximate surface area is 92.0 Å². The van der Waals surface area contributed by atoms with Crippen LogP contribution in [0.4, 0.5) is 3.89 Å². The number of halogens is 2. The van der Waals surface area contributed by atoms with Crippen LogP contribution in [0.25, 0.3) is 10.9 Å². The van der Waals surface area contributed by atoms with Crippen molar-refractivity contribution in [3.63, 3.8) is 0 Å². The van der Waals surface area contributed by atoms with Gasteiger partial charge >= 0.3 is 0 Å². The van der Waals surface area contributed by atoms with Crippen molar-refractivity contribution in [2.75, 3.05) is 7.11 Å². The maximum Gasteiger partial charge on any atom is 0.242 e. The average Bonchev–Trinajstić information content (AvgIpc) is 2.63. The van der Waals surface area contributed by atoms with Crippen LogP contribution in [0.3, 0.4) is 0 Å². The number of nitrogens with zero attached hydrogens (tertiary/aromatic N) is 3. The van der Waals surface area contributed by atoms with E-state index in [9.17, 15) is 3.89 Å². The first-order valence-corrected chi connectivity index (χ1v) is 5.10. The Bertz CT molecular complexity index is 475. The minimum atomic E-state index is 0.0238. The fourth-order valence-electron chi connectivity index (χ4n) is 1.12. The number of aromatic nitrogens is 3. The topological polar surface area (TPSA) is 39.9 Å². The molecule has 0 unspecified atom stereocenters. The van der Waals surface area contributed by atoms with Gasteiger partial charge in [-0.05, 0) is 15.9 Å². The predicted octanol–water partition coefficient (Wildman–Crippen LogP) is 2.58. The highest BCUT2D eigenvalue weighted by atomic mass is 79.9. The quantitative estimate of drug-likeness (QED) is 0.846. The molecule has 14 heavy (non-hydrogen) atoms. The van der Waals surface area contributed by atoms with E-state index >= 15 is 0 Å². The summed E-state index contributed by atoms with van der Waals surface area (Å²) in [7, 11) is 1.50. The lowest BCUT2D eigenvalue weighted by Gasteiger charge is -1.98. The Balaban J connectivity index is 2.74. The summed E-state index contributed by atoms with van der Waals surface area (Å²) in [6.45, 7) is 0. The van der Waals surface area contributed by atoms with Gasteiger partial charge in [0.1, 0.15) is 0 Å². The van der Waals surface area contributed by atoms with Crippen LogP contribution in [0, 0.1) is 0 Å². The molecule has 2 heterocycles. The van der Waals surface area contributed by atoms with Crippen molar-refractivity contribution in [1.29, 1.82) is 0 Å². The molecule has 7 heteroatoms. The lowest BCUT2D eigenvalue weighted by Crippen LogP contribution is -1.89. The SMILES string of the molecule is COc1ncc(Br)c2cn(SF)nc12. The monoisotopic (exact) mass is 277 g/mol. The van der Waals surface area contributed by atoms with Gasteiger partial charge in [0.2, 0.25) is 5.88 Å². The average molecular weight is 278 g/mol. The van der Waals surface area contributed by atoms with Gasteiger partial charge in [0, 0.05) is 22.3 Å². The van der Waals surface area contributed by atoms with E-state index in [2.05, 4.69) is 26.0 Å². The molecule has 4 nitrogen and oxygen atoms in total. The largest absolute Gasteiger partial charge is 0.479 e. The fourth-order valence-corrected chi connectivity index (χ4v) is 1.77. The van der Waals surface area contributed by atoms with E-state index in [-0.39, 0.29) is 12.3 Å². The van der Waals surface area contributed by atoms with Gasteiger partial charge in [-0.1, -0.05) is 0 Å². The molecule has 0 atom stereocenters. The first-order chi connectivity index (χ1) is 6.76. The van der Waals surface area contributed by atoms with Crippen molar-refractivity contribution in [2.24, 2.45) is 0 Å². The minimum Gasteiger partial charge on any atom is -0.479 e. The molecular formula is C7H5BrFN3OS. The van der Waals surface area contributed by atoms with Gasteiger partial charge < -0.3 is 4.74 Å². The number of rotatable bonds is 2. The Morgan fingerprint density at radius 1 is 1.64 bits per heavy atom. The normalized spacial score (nSPS) is 10.8. The molecule has 0 saturated heterocycles. The first-order valence-electron chi connectivity index (χ1n) is 3.63. The standard InChI is InChI=1S/C7H5BrFN3OS/c1-13-7-6-4(5(8)2-10-7)3-12(11-6)14-9/h2-3H,1H3. The zero-order chi connectivity index (χ0) is 10.1. The Morgan fingerprint density at radius 2 is 2.43 bits per heavy atom. The number of pyridine rings is 1. The van der Waals surface area contributed by atoms with Crippen LogP contribution >= 0.6 is 28.3 Å². The molecule has 0 aliphatic rings. The van der Waals surface area contributed by atoms with E-state index in [0.29, 0.717) is 11.4 Å². The molecule has 0 aromatic carbocycles. The second-order valence-corrected chi connectivity index (χ2v) is 3.84. The summed E-state index contributed by atoms with van der Waals surface area (Å²) in [6, 6.07) is 0. The van der Waals surface area contributed by atoms with Crippen LogP contribution in [0.15, 0.2) is 16.9 Å². The van der Waals surface area contributed by atoms with Crippen molar-refractivity contribution in [1.82, 2.24) is 14.2 Å². The lowest BCUT2D eigenvalue weighted by molar-refractivity contribution is 0.402. The van der Waals surface area contributed by atoms with Crippen LogP contribution in [0.2, 0.25) is 0 Å². The van der Waals surface area contributed by atoms with E-state index in [1.165, 1.54) is 7.11 Å². The van der Waals surface area contributed by atoms with Crippen LogP contribution in [-0.2, 0) is 0 Å². The second-order valence-electron chi connectivity index (χ2n) is 2.48. The smallest absolute Gasteiger partial charge is 0.242 e. The summed E-state index contributed by atoms with van der Waals surface area (Å²) in [5, 5.41) is 4.72. The maximum atomic E-state index is 12.3. The molecule has 2 aromatic rings. The third-order valence-corrected chi connectivity index (χ3v) is 2.67. The van der Waals surface area contributed by atoms with Crippen molar-refractivity contribution < 1.29 is 8.62 Å². The number of fused-ring (bicyclic) bond motifs is 1. The lowest BCUT2D eigenvalue weighted by atomic mass is 10.3. The zero-order valence-electron chi connectivity index (χ0n) is 7.07. The van der Waals surface area contributed by atoms with Gasteiger partial charge in [-0.2, -0.15) is 9.19 Å². The predicted molar refractivity (Wildman–Crippen MR) is 55.9 cm³/mol. The van der Waals surface area contributed by atoms with Crippen molar-refractivity contribution in [2.45, 2.75) is 0 Å². The molecule has 0 saturated carbocycles. The van der Waals surface area contributed by atoms with Gasteiger partial charge in [-0.25, -0.2) is 4.98 Å². The Kier molecular flexibility index (Phi) is 2.60. The van der Waals surface area contributed by atoms with E-state index < -0.39 is 0 Å². The zero-order valence-corrected chi connectivity index (χ0v) is 9.47. The Morgan fingerprint density at radius 3 is 3.07 bits per heavy atom. The highest BCUT2D eigenvalue weighted by Gasteiger charge is 2.11. The fraction of sp³-hybridized carbons (Fsp3) is 0.143. The summed E-state index contributed by atoms with van der Waals surface area (Å²) in [6.07, 6.45) is 3.16. The van der Waals surface area contributed by atoms with E-state index in [1.54, 1.807) is 12.4 Å². The second kappa shape index (κ2) is 3.74. The third kappa shape index (κ3) is 1.46. The molecule has 0 aliphatic heterocycles. The van der Waals surface area contributed by atoms with Crippen molar-refractivity contribution in [3.05, 3.63) is 16.9 Å². The van der Waals surface area contributed by atoms with Crippen LogP contribution in [0.1, 0.15) is 0 Å². The highest BCUT2D eigenvalue weighted by Crippen LogP contribution is 2.29. The van der Waals surface area contributed by atoms with E-state index in [1.807, 2.05) is 0 Å². The van der Waals surface area contributed by atoms with E-state index in [4.69, 9.17) is 4.74 Å². The van der Waals surface area contributed by atoms with Gasteiger partial charge in [0.05, 0.1) is 7.11 Å². The molecule has 74 valence electrons. The summed E-state index contributed by atoms with van der Waals surface area (Å²) < 4.78 is 19.1. The van der Waals surface area contributed by atoms with E-state index in [0.717, 1.165) is 13.9 Å². The molecule has 0 radical (unpaired) electrons. The number of hydrogen-bond acceptors (Lipinski definition) is 4. The van der Waals surface area contributed by atoms with Crippen LogP contribution in [-0.4, -0.2) is 21.3 Å². The van der Waals surface area contributed by atoms with Gasteiger partial charge in [0.25, 0.3) is 0 Å². The highest BCUT2D eigenvalue weighted by molar-refractivity contribution is 9.10. The molecular weight excluding hydrogens is 273 g/mol. The summed E-state index contributed by atoms with van der Waals surface area (Å²) >= 11 is 3.32. The van der Waals surface area contributed by atoms with Crippen LogP contribution < -0.4 is 4.74 Å². The number of methoxy groups -OCH3 is 1. The number of hydrogen-bond donors (Lipinski definition) is 0. The minimum absolute atomic E-state index is 0.0238. The number of ether oxygens (including phenoxy) is 1. The van der Waals surface area contributed by atoms with Gasteiger partial charge in [0.15, 0.2) is 17.9 Å². The Hall–Kier alpha value is -0.820. The molecule has 0 spiro atoms. The first kappa shape index (κ1) is 9.72. The van der Waals surface area contributed by atoms with Crippen LogP contribution in [0.5, 0.6) is 5.88 Å². The molecule has 0 N–H and O–H groups in total. The van der Waals surface area contributed by atoms with Crippen molar-refractivity contribution >= 4 is 39.2 Å². The van der Waals surface area contributed by atoms with Gasteiger partial charge in [-0.3, -0.25) is 0 Å². The van der Waals surface area contributed by atoms with Gasteiger partial charge in [-0.15, -0.1) is 3.89 Å². The summed E-state index contributed by atoms with van der Waals surface area (Å²) in [5.74, 6) is 0.385. The summed E-state index contributed by atoms with van der Waals surface area (Å²) in [5.41, 5.74) is 0.534. The third-order valence-electron chi connectivity index (χ3n) is 1.71. The molecule has 0 amide bonds. The molecule has 0 fully saturated rings. The molecule has 2 rings (SSSR count). The molecule has 0 bridgehead atoms. The summed E-state index contributed by atoms with van der Waals surface area (Å²) in [4.78, 5) is 4.00. The molecule has 2 aromatic heterocycles. The molecule has 0 aliphatic carbocycles.